The van der Waals surface area contributed by atoms with Crippen LogP contribution in [0, 0.1) is 10.1 Å². The van der Waals surface area contributed by atoms with Crippen LogP contribution in [0.15, 0.2) is 12.3 Å². The van der Waals surface area contributed by atoms with Gasteiger partial charge in [-0.3, -0.25) is 10.1 Å². The van der Waals surface area contributed by atoms with Gasteiger partial charge in [0.15, 0.2) is 0 Å². The van der Waals surface area contributed by atoms with Crippen LogP contribution in [0.1, 0.15) is 19.8 Å². The molecule has 0 radical (unpaired) electrons. The summed E-state index contributed by atoms with van der Waals surface area (Å²) in [5.41, 5.74) is -0.150. The summed E-state index contributed by atoms with van der Waals surface area (Å²) >= 11 is 6.09. The van der Waals surface area contributed by atoms with Crippen LogP contribution in [0.3, 0.4) is 0 Å². The Morgan fingerprint density at radius 2 is 2.09 bits per heavy atom. The summed E-state index contributed by atoms with van der Waals surface area (Å²) in [4.78, 5) is 16.2. The minimum absolute atomic E-state index is 0.0388. The predicted molar refractivity (Wildman–Crippen MR) is 88.4 cm³/mol. The molecule has 2 heterocycles. The van der Waals surface area contributed by atoms with Gasteiger partial charge in [-0.15, -0.1) is 0 Å². The average molecular weight is 363 g/mol. The van der Waals surface area contributed by atoms with Crippen molar-refractivity contribution in [1.82, 2.24) is 9.29 Å². The molecule has 23 heavy (non-hydrogen) atoms. The van der Waals surface area contributed by atoms with Crippen molar-refractivity contribution >= 4 is 33.1 Å². The topological polar surface area (TPSA) is 96.7 Å². The Balaban J connectivity index is 2.09. The van der Waals surface area contributed by atoms with Crippen LogP contribution in [0.4, 0.5) is 11.5 Å². The average Bonchev–Trinajstić information content (AvgIpc) is 2.47. The molecule has 0 unspecified atom stereocenters. The first-order valence-electron chi connectivity index (χ1n) is 7.25. The van der Waals surface area contributed by atoms with Crippen molar-refractivity contribution in [1.29, 1.82) is 0 Å². The van der Waals surface area contributed by atoms with Crippen molar-refractivity contribution < 1.29 is 13.3 Å². The van der Waals surface area contributed by atoms with E-state index in [2.05, 4.69) is 4.98 Å². The molecule has 0 spiro atoms. The lowest BCUT2D eigenvalue weighted by Crippen LogP contribution is -2.47. The first-order valence-corrected chi connectivity index (χ1v) is 9.48. The number of nitro groups is 1. The molecule has 0 aromatic carbocycles. The largest absolute Gasteiger partial charge is 0.355 e. The van der Waals surface area contributed by atoms with E-state index >= 15 is 0 Å². The summed E-state index contributed by atoms with van der Waals surface area (Å²) in [6.07, 6.45) is 3.73. The van der Waals surface area contributed by atoms with Crippen molar-refractivity contribution in [3.05, 3.63) is 27.4 Å². The zero-order chi connectivity index (χ0) is 17.2. The summed E-state index contributed by atoms with van der Waals surface area (Å²) in [5, 5.41) is 10.9. The number of hydrogen-bond acceptors (Lipinski definition) is 6. The fourth-order valence-corrected chi connectivity index (χ4v) is 4.38. The summed E-state index contributed by atoms with van der Waals surface area (Å²) < 4.78 is 25.1. The van der Waals surface area contributed by atoms with E-state index in [9.17, 15) is 18.5 Å². The van der Waals surface area contributed by atoms with Gasteiger partial charge in [-0.1, -0.05) is 18.5 Å². The summed E-state index contributed by atoms with van der Waals surface area (Å²) in [6, 6.07) is 1.24. The molecule has 0 N–H and O–H groups in total. The molecule has 10 heteroatoms. The second kappa shape index (κ2) is 6.98. The fourth-order valence-electron chi connectivity index (χ4n) is 2.88. The maximum Gasteiger partial charge on any atom is 0.289 e. The standard InChI is InChI=1S/C13H19ClN4O4S/c1-3-17(23(2,21)22)10-4-6-16(7-5-10)13-12(14)8-11(9-15-13)18(19)20/h8-10H,3-7H2,1-2H3. The SMILES string of the molecule is CCN(C1CCN(c2ncc([N+](=O)[O-])cc2Cl)CC1)S(C)(=O)=O. The summed E-state index contributed by atoms with van der Waals surface area (Å²) in [6.45, 7) is 3.46. The molecule has 1 aliphatic heterocycles. The van der Waals surface area contributed by atoms with Crippen molar-refractivity contribution in [3.63, 3.8) is 0 Å². The molecular formula is C13H19ClN4O4S. The van der Waals surface area contributed by atoms with Crippen LogP contribution >= 0.6 is 11.6 Å². The number of nitrogens with zero attached hydrogens (tertiary/aromatic N) is 4. The maximum atomic E-state index is 11.8. The van der Waals surface area contributed by atoms with Gasteiger partial charge in [-0.25, -0.2) is 13.4 Å². The molecule has 0 saturated carbocycles. The van der Waals surface area contributed by atoms with Crippen LogP contribution in [-0.2, 0) is 10.0 Å². The highest BCUT2D eigenvalue weighted by molar-refractivity contribution is 7.88. The van der Waals surface area contributed by atoms with Gasteiger partial charge in [-0.05, 0) is 12.8 Å². The molecule has 128 valence electrons. The first kappa shape index (κ1) is 17.9. The highest BCUT2D eigenvalue weighted by atomic mass is 35.5. The maximum absolute atomic E-state index is 11.8. The Morgan fingerprint density at radius 1 is 1.48 bits per heavy atom. The van der Waals surface area contributed by atoms with E-state index in [1.807, 2.05) is 11.8 Å². The van der Waals surface area contributed by atoms with Gasteiger partial charge in [0.05, 0.1) is 16.2 Å². The predicted octanol–water partition coefficient (Wildman–Crippen LogP) is 1.89. The smallest absolute Gasteiger partial charge is 0.289 e. The van der Waals surface area contributed by atoms with Crippen LogP contribution in [-0.4, -0.2) is 54.6 Å². The number of piperidine rings is 1. The third-order valence-corrected chi connectivity index (χ3v) is 5.61. The molecule has 1 aromatic heterocycles. The van der Waals surface area contributed by atoms with Crippen molar-refractivity contribution in [2.45, 2.75) is 25.8 Å². The van der Waals surface area contributed by atoms with E-state index in [-0.39, 0.29) is 16.8 Å². The minimum Gasteiger partial charge on any atom is -0.355 e. The second-order valence-electron chi connectivity index (χ2n) is 5.44. The molecular weight excluding hydrogens is 344 g/mol. The first-order chi connectivity index (χ1) is 10.7. The number of rotatable bonds is 5. The molecule has 1 fully saturated rings. The Bertz CT molecular complexity index is 689. The van der Waals surface area contributed by atoms with Gasteiger partial charge in [-0.2, -0.15) is 4.31 Å². The normalized spacial score (nSPS) is 16.8. The molecule has 2 rings (SSSR count). The lowest BCUT2D eigenvalue weighted by molar-refractivity contribution is -0.385. The van der Waals surface area contributed by atoms with Crippen LogP contribution in [0.2, 0.25) is 5.02 Å². The van der Waals surface area contributed by atoms with Crippen LogP contribution in [0.5, 0.6) is 0 Å². The molecule has 1 aliphatic rings. The lowest BCUT2D eigenvalue weighted by Gasteiger charge is -2.37. The van der Waals surface area contributed by atoms with E-state index in [4.69, 9.17) is 11.6 Å². The van der Waals surface area contributed by atoms with E-state index in [1.54, 1.807) is 0 Å². The van der Waals surface area contributed by atoms with Gasteiger partial charge in [0, 0.05) is 31.7 Å². The van der Waals surface area contributed by atoms with E-state index in [1.165, 1.54) is 22.8 Å². The fraction of sp³-hybridized carbons (Fsp3) is 0.615. The monoisotopic (exact) mass is 362 g/mol. The Hall–Kier alpha value is -1.45. The summed E-state index contributed by atoms with van der Waals surface area (Å²) in [7, 11) is -3.22. The number of pyridine rings is 1. The molecule has 1 aromatic rings. The van der Waals surface area contributed by atoms with Crippen LogP contribution < -0.4 is 4.90 Å². The zero-order valence-electron chi connectivity index (χ0n) is 13.0. The Morgan fingerprint density at radius 3 is 2.52 bits per heavy atom. The molecule has 0 aliphatic carbocycles. The van der Waals surface area contributed by atoms with Gasteiger partial charge in [0.25, 0.3) is 5.69 Å². The zero-order valence-corrected chi connectivity index (χ0v) is 14.5. The van der Waals surface area contributed by atoms with Gasteiger partial charge in [0.2, 0.25) is 10.0 Å². The minimum atomic E-state index is -3.22. The number of anilines is 1. The molecule has 0 bridgehead atoms. The molecule has 1 saturated heterocycles. The number of aromatic nitrogens is 1. The van der Waals surface area contributed by atoms with E-state index < -0.39 is 14.9 Å². The molecule has 0 amide bonds. The highest BCUT2D eigenvalue weighted by Gasteiger charge is 2.30. The van der Waals surface area contributed by atoms with Crippen LogP contribution in [0.25, 0.3) is 0 Å². The third-order valence-electron chi connectivity index (χ3n) is 3.93. The van der Waals surface area contributed by atoms with Gasteiger partial charge >= 0.3 is 0 Å². The number of hydrogen-bond donors (Lipinski definition) is 0. The van der Waals surface area contributed by atoms with Gasteiger partial charge in [0.1, 0.15) is 12.0 Å². The third kappa shape index (κ3) is 4.10. The second-order valence-corrected chi connectivity index (χ2v) is 7.78. The quantitative estimate of drug-likeness (QED) is 0.586. The van der Waals surface area contributed by atoms with E-state index in [0.717, 1.165) is 0 Å². The molecule has 8 nitrogen and oxygen atoms in total. The van der Waals surface area contributed by atoms with Gasteiger partial charge < -0.3 is 4.90 Å². The Labute approximate surface area is 140 Å². The van der Waals surface area contributed by atoms with E-state index in [0.29, 0.717) is 38.3 Å². The van der Waals surface area contributed by atoms with Crippen molar-refractivity contribution in [2.75, 3.05) is 30.8 Å². The highest BCUT2D eigenvalue weighted by Crippen LogP contribution is 2.30. The Kier molecular flexibility index (Phi) is 5.43. The lowest BCUT2D eigenvalue weighted by atomic mass is 10.1. The number of halogens is 1. The van der Waals surface area contributed by atoms with Crippen molar-refractivity contribution in [3.8, 4) is 0 Å². The van der Waals surface area contributed by atoms with Crippen molar-refractivity contribution in [2.24, 2.45) is 0 Å². The summed E-state index contributed by atoms with van der Waals surface area (Å²) in [5.74, 6) is 0.498. The molecule has 0 atom stereocenters. The number of sulfonamides is 1.